The Kier molecular flexibility index (Phi) is 3.65. The highest BCUT2D eigenvalue weighted by molar-refractivity contribution is 5.86. The summed E-state index contributed by atoms with van der Waals surface area (Å²) in [5, 5.41) is 9.26. The zero-order valence-electron chi connectivity index (χ0n) is 11.9. The molecule has 3 saturated heterocycles. The number of hydrogen-bond acceptors (Lipinski definition) is 7. The van der Waals surface area contributed by atoms with Gasteiger partial charge < -0.3 is 24.1 Å². The maximum atomic E-state index is 11.8. The maximum absolute atomic E-state index is 11.8. The monoisotopic (exact) mass is 312 g/mol. The van der Waals surface area contributed by atoms with Crippen molar-refractivity contribution in [2.75, 3.05) is 13.2 Å². The molecule has 0 amide bonds. The topological polar surface area (TPSA) is 108 Å². The summed E-state index contributed by atoms with van der Waals surface area (Å²) in [5.41, 5.74) is 0.759. The number of hydrogen-bond donors (Lipinski definition) is 1. The van der Waals surface area contributed by atoms with Gasteiger partial charge in [-0.3, -0.25) is 9.59 Å². The molecule has 0 aromatic heterocycles. The molecule has 0 spiro atoms. The first-order valence-electron chi connectivity index (χ1n) is 6.90. The molecule has 3 rings (SSSR count). The molecule has 3 aliphatic rings. The van der Waals surface area contributed by atoms with Crippen molar-refractivity contribution in [2.24, 2.45) is 11.8 Å². The van der Waals surface area contributed by atoms with Gasteiger partial charge in [0.2, 0.25) is 0 Å². The Bertz CT molecular complexity index is 541. The average molecular weight is 312 g/mol. The Morgan fingerprint density at radius 1 is 1.27 bits per heavy atom. The van der Waals surface area contributed by atoms with Crippen LogP contribution in [-0.4, -0.2) is 60.6 Å². The first-order chi connectivity index (χ1) is 10.4. The van der Waals surface area contributed by atoms with E-state index in [1.165, 1.54) is 0 Å². The van der Waals surface area contributed by atoms with Crippen molar-refractivity contribution in [3.63, 3.8) is 0 Å². The van der Waals surface area contributed by atoms with Crippen molar-refractivity contribution in [3.05, 3.63) is 12.2 Å². The van der Waals surface area contributed by atoms with E-state index in [1.54, 1.807) is 6.92 Å². The van der Waals surface area contributed by atoms with E-state index < -0.39 is 54.2 Å². The summed E-state index contributed by atoms with van der Waals surface area (Å²) < 4.78 is 20.9. The lowest BCUT2D eigenvalue weighted by Gasteiger charge is -2.25. The second-order valence-corrected chi connectivity index (χ2v) is 5.76. The van der Waals surface area contributed by atoms with Crippen molar-refractivity contribution < 1.29 is 38.4 Å². The van der Waals surface area contributed by atoms with Gasteiger partial charge >= 0.3 is 17.9 Å². The van der Waals surface area contributed by atoms with E-state index in [1.807, 2.05) is 0 Å². The summed E-state index contributed by atoms with van der Waals surface area (Å²) >= 11 is 0. The van der Waals surface area contributed by atoms with Crippen LogP contribution >= 0.6 is 0 Å². The van der Waals surface area contributed by atoms with Gasteiger partial charge in [0.1, 0.15) is 30.7 Å². The lowest BCUT2D eigenvalue weighted by molar-refractivity contribution is -0.166. The first kappa shape index (κ1) is 15.0. The molecule has 3 aliphatic heterocycles. The third kappa shape index (κ3) is 2.28. The molecule has 22 heavy (non-hydrogen) atoms. The fraction of sp³-hybridized carbons (Fsp3) is 0.643. The van der Waals surface area contributed by atoms with Crippen molar-refractivity contribution in [1.29, 1.82) is 0 Å². The third-order valence-electron chi connectivity index (χ3n) is 4.03. The van der Waals surface area contributed by atoms with Crippen LogP contribution in [0, 0.1) is 11.8 Å². The fourth-order valence-corrected chi connectivity index (χ4v) is 3.25. The van der Waals surface area contributed by atoms with Gasteiger partial charge in [0.05, 0.1) is 6.61 Å². The number of carbonyl (C=O) groups is 3. The summed E-state index contributed by atoms with van der Waals surface area (Å²) in [5.74, 6) is -4.30. The second-order valence-electron chi connectivity index (χ2n) is 5.76. The van der Waals surface area contributed by atoms with Gasteiger partial charge in [-0.15, -0.1) is 0 Å². The zero-order valence-corrected chi connectivity index (χ0v) is 11.9. The quantitative estimate of drug-likeness (QED) is 0.517. The molecule has 0 radical (unpaired) electrons. The van der Waals surface area contributed by atoms with Gasteiger partial charge in [-0.05, 0) is 6.92 Å². The number of carbonyl (C=O) groups excluding carboxylic acids is 2. The Morgan fingerprint density at radius 3 is 2.64 bits per heavy atom. The Balaban J connectivity index is 1.65. The van der Waals surface area contributed by atoms with Crippen LogP contribution in [0.3, 0.4) is 0 Å². The predicted molar refractivity (Wildman–Crippen MR) is 68.7 cm³/mol. The van der Waals surface area contributed by atoms with Crippen LogP contribution in [0.2, 0.25) is 0 Å². The van der Waals surface area contributed by atoms with E-state index >= 15 is 0 Å². The van der Waals surface area contributed by atoms with Crippen LogP contribution in [0.5, 0.6) is 0 Å². The minimum Gasteiger partial charge on any atom is -0.481 e. The number of ether oxygens (including phenoxy) is 4. The van der Waals surface area contributed by atoms with Crippen LogP contribution < -0.4 is 0 Å². The number of carboxylic acids is 1. The summed E-state index contributed by atoms with van der Waals surface area (Å²) in [4.78, 5) is 34.9. The average Bonchev–Trinajstić information content (AvgIpc) is 3.01. The molecule has 0 aliphatic carbocycles. The molecule has 3 fully saturated rings. The Hall–Kier alpha value is -1.93. The molecule has 0 saturated carbocycles. The molecule has 6 unspecified atom stereocenters. The number of fused-ring (bicyclic) bond motifs is 1. The Morgan fingerprint density at radius 2 is 2.00 bits per heavy atom. The molecule has 2 bridgehead atoms. The zero-order chi connectivity index (χ0) is 16.0. The summed E-state index contributed by atoms with van der Waals surface area (Å²) in [6, 6.07) is 0. The molecular formula is C14H16O8. The minimum atomic E-state index is -1.16. The van der Waals surface area contributed by atoms with Gasteiger partial charge in [0.15, 0.2) is 12.2 Å². The van der Waals surface area contributed by atoms with E-state index in [4.69, 9.17) is 18.9 Å². The lowest BCUT2D eigenvalue weighted by Crippen LogP contribution is -2.47. The van der Waals surface area contributed by atoms with E-state index in [2.05, 4.69) is 6.58 Å². The van der Waals surface area contributed by atoms with Crippen molar-refractivity contribution in [2.45, 2.75) is 31.3 Å². The Labute approximate surface area is 126 Å². The molecule has 3 heterocycles. The van der Waals surface area contributed by atoms with Crippen molar-refractivity contribution in [1.82, 2.24) is 0 Å². The van der Waals surface area contributed by atoms with E-state index in [0.29, 0.717) is 0 Å². The smallest absolute Gasteiger partial charge is 0.332 e. The van der Waals surface area contributed by atoms with Crippen LogP contribution in [-0.2, 0) is 33.3 Å². The summed E-state index contributed by atoms with van der Waals surface area (Å²) in [6.07, 6.45) is -3.17. The number of rotatable bonds is 6. The number of aliphatic carboxylic acids is 1. The van der Waals surface area contributed by atoms with Gasteiger partial charge in [-0.2, -0.15) is 0 Å². The highest BCUT2D eigenvalue weighted by atomic mass is 16.7. The molecule has 8 nitrogen and oxygen atoms in total. The molecule has 120 valence electrons. The van der Waals surface area contributed by atoms with Crippen LogP contribution in [0.15, 0.2) is 12.2 Å². The molecule has 0 aromatic carbocycles. The van der Waals surface area contributed by atoms with Gasteiger partial charge in [0.25, 0.3) is 0 Å². The standard InChI is InChI=1S/C14H16O8/c1-5(2)3-19-4-6(15)20-11-9-7(13(16)17)8-10(21-9)12(11)22-14(8)18/h7-12H,1,3-4H2,2H3,(H,16,17). The maximum Gasteiger partial charge on any atom is 0.332 e. The molecule has 8 heteroatoms. The van der Waals surface area contributed by atoms with Crippen LogP contribution in [0.25, 0.3) is 0 Å². The highest BCUT2D eigenvalue weighted by Gasteiger charge is 2.71. The predicted octanol–water partition coefficient (Wildman–Crippen LogP) is -0.486. The first-order valence-corrected chi connectivity index (χ1v) is 6.90. The van der Waals surface area contributed by atoms with E-state index in [0.717, 1.165) is 5.57 Å². The molecule has 6 atom stereocenters. The molecule has 1 N–H and O–H groups in total. The van der Waals surface area contributed by atoms with Gasteiger partial charge in [-0.1, -0.05) is 12.2 Å². The number of carboxylic acid groups (broad SMARTS) is 1. The fourth-order valence-electron chi connectivity index (χ4n) is 3.25. The van der Waals surface area contributed by atoms with Gasteiger partial charge in [-0.25, -0.2) is 4.79 Å². The lowest BCUT2D eigenvalue weighted by atomic mass is 9.78. The van der Waals surface area contributed by atoms with E-state index in [9.17, 15) is 19.5 Å². The molecular weight excluding hydrogens is 296 g/mol. The third-order valence-corrected chi connectivity index (χ3v) is 4.03. The number of esters is 2. The van der Waals surface area contributed by atoms with Crippen LogP contribution in [0.4, 0.5) is 0 Å². The highest BCUT2D eigenvalue weighted by Crippen LogP contribution is 2.51. The summed E-state index contributed by atoms with van der Waals surface area (Å²) in [7, 11) is 0. The van der Waals surface area contributed by atoms with Gasteiger partial charge in [0, 0.05) is 0 Å². The van der Waals surface area contributed by atoms with E-state index in [-0.39, 0.29) is 13.2 Å². The van der Waals surface area contributed by atoms with Crippen molar-refractivity contribution >= 4 is 17.9 Å². The molecule has 0 aromatic rings. The van der Waals surface area contributed by atoms with Crippen molar-refractivity contribution in [3.8, 4) is 0 Å². The van der Waals surface area contributed by atoms with Crippen LogP contribution in [0.1, 0.15) is 6.92 Å². The summed E-state index contributed by atoms with van der Waals surface area (Å²) in [6.45, 7) is 5.32. The largest absolute Gasteiger partial charge is 0.481 e. The normalized spacial score (nSPS) is 38.0. The second kappa shape index (κ2) is 5.36. The SMILES string of the molecule is C=C(C)COCC(=O)OC1C2OC(=O)C3C2OC1C3C(=O)O. The minimum absolute atomic E-state index is 0.223.